The van der Waals surface area contributed by atoms with Gasteiger partial charge >= 0.3 is 0 Å². The van der Waals surface area contributed by atoms with Crippen LogP contribution in [0.3, 0.4) is 0 Å². The number of anilines is 1. The van der Waals surface area contributed by atoms with Gasteiger partial charge in [-0.2, -0.15) is 5.10 Å². The number of piperidine rings is 1. The molecule has 0 spiro atoms. The molecule has 1 aliphatic rings. The number of benzene rings is 2. The van der Waals surface area contributed by atoms with Crippen molar-refractivity contribution in [3.8, 4) is 11.3 Å². The average Bonchev–Trinajstić information content (AvgIpc) is 3.44. The van der Waals surface area contributed by atoms with Crippen molar-refractivity contribution in [1.29, 1.82) is 0 Å². The van der Waals surface area contributed by atoms with E-state index in [-0.39, 0.29) is 11.8 Å². The fourth-order valence-corrected chi connectivity index (χ4v) is 4.53. The lowest BCUT2D eigenvalue weighted by atomic mass is 9.96. The summed E-state index contributed by atoms with van der Waals surface area (Å²) >= 11 is 0. The van der Waals surface area contributed by atoms with Gasteiger partial charge in [0.15, 0.2) is 0 Å². The first-order valence-corrected chi connectivity index (χ1v) is 10.9. The third-order valence-corrected chi connectivity index (χ3v) is 6.29. The third kappa shape index (κ3) is 4.11. The number of carbonyl (C=O) groups is 1. The molecule has 3 N–H and O–H groups in total. The van der Waals surface area contributed by atoms with Crippen LogP contribution in [-0.2, 0) is 11.3 Å². The van der Waals surface area contributed by atoms with E-state index in [0.717, 1.165) is 49.4 Å². The molecule has 1 amide bonds. The van der Waals surface area contributed by atoms with E-state index in [4.69, 9.17) is 0 Å². The van der Waals surface area contributed by atoms with Crippen LogP contribution in [-0.4, -0.2) is 39.1 Å². The Labute approximate surface area is 181 Å². The highest BCUT2D eigenvalue weighted by molar-refractivity contribution is 5.93. The monoisotopic (exact) mass is 413 g/mol. The molecule has 0 radical (unpaired) electrons. The zero-order chi connectivity index (χ0) is 21.2. The van der Waals surface area contributed by atoms with Gasteiger partial charge < -0.3 is 10.3 Å². The van der Waals surface area contributed by atoms with Crippen LogP contribution in [0.15, 0.2) is 60.8 Å². The quantitative estimate of drug-likeness (QED) is 0.443. The molecular formula is C25H27N5O. The molecule has 1 aliphatic heterocycles. The smallest absolute Gasteiger partial charge is 0.228 e. The van der Waals surface area contributed by atoms with Crippen LogP contribution in [0.25, 0.3) is 22.2 Å². The molecule has 3 heterocycles. The SMILES string of the molecule is Cc1c(CN2CCCC(C(=O)Nc3ccc(-c4ccn[nH]4)cc3)C2)[nH]c2ccccc12. The molecule has 2 aromatic heterocycles. The van der Waals surface area contributed by atoms with E-state index in [2.05, 4.69) is 56.6 Å². The number of likely N-dealkylation sites (tertiary alicyclic amines) is 1. The Bertz CT molecular complexity index is 1180. The van der Waals surface area contributed by atoms with Crippen LogP contribution >= 0.6 is 0 Å². The van der Waals surface area contributed by atoms with E-state index in [0.29, 0.717) is 0 Å². The van der Waals surface area contributed by atoms with Gasteiger partial charge in [-0.25, -0.2) is 0 Å². The lowest BCUT2D eigenvalue weighted by molar-refractivity contribution is -0.121. The van der Waals surface area contributed by atoms with Gasteiger partial charge in [0.05, 0.1) is 11.6 Å². The second-order valence-corrected chi connectivity index (χ2v) is 8.39. The lowest BCUT2D eigenvalue weighted by Crippen LogP contribution is -2.40. The maximum absolute atomic E-state index is 12.9. The molecule has 0 bridgehead atoms. The summed E-state index contributed by atoms with van der Waals surface area (Å²) in [6.07, 6.45) is 3.70. The summed E-state index contributed by atoms with van der Waals surface area (Å²) in [5.41, 5.74) is 6.58. The number of para-hydroxylation sites is 1. The maximum atomic E-state index is 12.9. The summed E-state index contributed by atoms with van der Waals surface area (Å²) in [4.78, 5) is 18.9. The molecule has 2 aromatic carbocycles. The predicted molar refractivity (Wildman–Crippen MR) is 124 cm³/mol. The summed E-state index contributed by atoms with van der Waals surface area (Å²) < 4.78 is 0. The number of nitrogens with one attached hydrogen (secondary N) is 3. The minimum Gasteiger partial charge on any atom is -0.357 e. The van der Waals surface area contributed by atoms with Crippen molar-refractivity contribution < 1.29 is 4.79 Å². The van der Waals surface area contributed by atoms with E-state index >= 15 is 0 Å². The van der Waals surface area contributed by atoms with E-state index in [1.807, 2.05) is 30.3 Å². The molecule has 0 aliphatic carbocycles. The first-order valence-electron chi connectivity index (χ1n) is 10.9. The topological polar surface area (TPSA) is 76.8 Å². The van der Waals surface area contributed by atoms with Gasteiger partial charge in [-0.1, -0.05) is 30.3 Å². The second kappa shape index (κ2) is 8.40. The van der Waals surface area contributed by atoms with E-state index in [1.165, 1.54) is 22.2 Å². The molecule has 1 atom stereocenters. The standard InChI is InChI=1S/C25H27N5O/c1-17-21-6-2-3-7-23(21)28-24(17)16-30-14-4-5-19(15-30)25(31)27-20-10-8-18(9-11-20)22-12-13-26-29-22/h2-3,6-13,19,28H,4-5,14-16H2,1H3,(H,26,29)(H,27,31). The molecule has 4 aromatic rings. The van der Waals surface area contributed by atoms with Gasteiger partial charge in [-0.05, 0) is 61.7 Å². The molecule has 1 fully saturated rings. The van der Waals surface area contributed by atoms with Gasteiger partial charge in [-0.3, -0.25) is 14.8 Å². The van der Waals surface area contributed by atoms with Crippen molar-refractivity contribution in [3.05, 3.63) is 72.1 Å². The van der Waals surface area contributed by atoms with Crippen LogP contribution in [0.1, 0.15) is 24.1 Å². The molecule has 1 unspecified atom stereocenters. The lowest BCUT2D eigenvalue weighted by Gasteiger charge is -2.31. The van der Waals surface area contributed by atoms with Crippen LogP contribution in [0.2, 0.25) is 0 Å². The van der Waals surface area contributed by atoms with E-state index in [1.54, 1.807) is 6.20 Å². The zero-order valence-corrected chi connectivity index (χ0v) is 17.7. The predicted octanol–water partition coefficient (Wildman–Crippen LogP) is 4.72. The number of aromatic nitrogens is 3. The van der Waals surface area contributed by atoms with Gasteiger partial charge in [-0.15, -0.1) is 0 Å². The number of nitrogens with zero attached hydrogens (tertiary/aromatic N) is 2. The number of H-pyrrole nitrogens is 2. The summed E-state index contributed by atoms with van der Waals surface area (Å²) in [6.45, 7) is 4.84. The number of carbonyl (C=O) groups excluding carboxylic acids is 1. The van der Waals surface area contributed by atoms with Crippen LogP contribution in [0.5, 0.6) is 0 Å². The Kier molecular flexibility index (Phi) is 5.30. The highest BCUT2D eigenvalue weighted by Crippen LogP contribution is 2.26. The summed E-state index contributed by atoms with van der Waals surface area (Å²) in [5.74, 6) is 0.109. The van der Waals surface area contributed by atoms with Crippen molar-refractivity contribution in [1.82, 2.24) is 20.1 Å². The molecule has 6 heteroatoms. The van der Waals surface area contributed by atoms with Crippen molar-refractivity contribution in [2.75, 3.05) is 18.4 Å². The summed E-state index contributed by atoms with van der Waals surface area (Å²) in [5, 5.41) is 11.3. The Morgan fingerprint density at radius 3 is 2.77 bits per heavy atom. The molecule has 31 heavy (non-hydrogen) atoms. The Hall–Kier alpha value is -3.38. The number of aryl methyl sites for hydroxylation is 1. The fraction of sp³-hybridized carbons (Fsp3) is 0.280. The summed E-state index contributed by atoms with van der Waals surface area (Å²) in [7, 11) is 0. The minimum atomic E-state index is 0.00529. The molecule has 0 saturated carbocycles. The highest BCUT2D eigenvalue weighted by Gasteiger charge is 2.26. The second-order valence-electron chi connectivity index (χ2n) is 8.39. The van der Waals surface area contributed by atoms with Crippen LogP contribution in [0, 0.1) is 12.8 Å². The molecule has 6 nitrogen and oxygen atoms in total. The van der Waals surface area contributed by atoms with Crippen molar-refractivity contribution in [3.63, 3.8) is 0 Å². The molecule has 5 rings (SSSR count). The molecule has 158 valence electrons. The average molecular weight is 414 g/mol. The van der Waals surface area contributed by atoms with Gasteiger partial charge in [0.1, 0.15) is 0 Å². The molecular weight excluding hydrogens is 386 g/mol. The number of fused-ring (bicyclic) bond motifs is 1. The van der Waals surface area contributed by atoms with Gasteiger partial charge in [0, 0.05) is 41.6 Å². The zero-order valence-electron chi connectivity index (χ0n) is 17.7. The summed E-state index contributed by atoms with van der Waals surface area (Å²) in [6, 6.07) is 18.2. The van der Waals surface area contributed by atoms with Crippen LogP contribution in [0.4, 0.5) is 5.69 Å². The largest absolute Gasteiger partial charge is 0.357 e. The Balaban J connectivity index is 1.22. The first-order chi connectivity index (χ1) is 15.2. The maximum Gasteiger partial charge on any atom is 0.228 e. The number of hydrogen-bond donors (Lipinski definition) is 3. The number of aromatic amines is 2. The van der Waals surface area contributed by atoms with Crippen molar-refractivity contribution in [2.24, 2.45) is 5.92 Å². The van der Waals surface area contributed by atoms with Gasteiger partial charge in [0.2, 0.25) is 5.91 Å². The Morgan fingerprint density at radius 2 is 2.00 bits per heavy atom. The number of rotatable bonds is 5. The van der Waals surface area contributed by atoms with Gasteiger partial charge in [0.25, 0.3) is 0 Å². The van der Waals surface area contributed by atoms with E-state index in [9.17, 15) is 4.79 Å². The minimum absolute atomic E-state index is 0.00529. The fourth-order valence-electron chi connectivity index (χ4n) is 4.53. The normalized spacial score (nSPS) is 17.1. The van der Waals surface area contributed by atoms with E-state index < -0.39 is 0 Å². The molecule has 1 saturated heterocycles. The highest BCUT2D eigenvalue weighted by atomic mass is 16.1. The van der Waals surface area contributed by atoms with Crippen molar-refractivity contribution in [2.45, 2.75) is 26.3 Å². The Morgan fingerprint density at radius 1 is 1.16 bits per heavy atom. The number of amides is 1. The van der Waals surface area contributed by atoms with Crippen molar-refractivity contribution >= 4 is 22.5 Å². The first kappa shape index (κ1) is 19.6. The number of hydrogen-bond acceptors (Lipinski definition) is 3. The third-order valence-electron chi connectivity index (χ3n) is 6.29. The van der Waals surface area contributed by atoms with Crippen LogP contribution < -0.4 is 5.32 Å².